The van der Waals surface area contributed by atoms with Crippen LogP contribution < -0.4 is 4.72 Å². The Morgan fingerprint density at radius 1 is 1.20 bits per heavy atom. The summed E-state index contributed by atoms with van der Waals surface area (Å²) in [7, 11) is -8.34. The van der Waals surface area contributed by atoms with Crippen LogP contribution in [0.4, 0.5) is 10.1 Å². The largest absolute Gasteiger partial charge is 0.277 e. The van der Waals surface area contributed by atoms with Crippen LogP contribution in [0.1, 0.15) is 24.6 Å². The first kappa shape index (κ1) is 24.4. The average Bonchev–Trinajstić information content (AvgIpc) is 3.33. The van der Waals surface area contributed by atoms with Gasteiger partial charge in [-0.15, -0.1) is 0 Å². The van der Waals surface area contributed by atoms with Crippen LogP contribution in [0.25, 0.3) is 0 Å². The number of rotatable bonds is 7. The Hall–Kier alpha value is -3.75. The summed E-state index contributed by atoms with van der Waals surface area (Å²) in [5, 5.41) is 8.83. The van der Waals surface area contributed by atoms with Crippen molar-refractivity contribution in [2.75, 3.05) is 4.72 Å². The maximum absolute atomic E-state index is 14.2. The summed E-state index contributed by atoms with van der Waals surface area (Å²) in [5.41, 5.74) is 1.25. The van der Waals surface area contributed by atoms with Crippen molar-refractivity contribution in [3.05, 3.63) is 102 Å². The number of aromatic nitrogens is 2. The van der Waals surface area contributed by atoms with E-state index >= 15 is 0 Å². The van der Waals surface area contributed by atoms with E-state index in [0.717, 1.165) is 45.8 Å². The van der Waals surface area contributed by atoms with E-state index in [1.165, 1.54) is 6.07 Å². The van der Waals surface area contributed by atoms with Gasteiger partial charge in [0, 0.05) is 30.7 Å². The zero-order valence-electron chi connectivity index (χ0n) is 18.6. The Labute approximate surface area is 203 Å². The van der Waals surface area contributed by atoms with Gasteiger partial charge in [-0.3, -0.25) is 13.7 Å². The van der Waals surface area contributed by atoms with Crippen molar-refractivity contribution >= 4 is 25.7 Å². The Kier molecular flexibility index (Phi) is 6.36. The fourth-order valence-electron chi connectivity index (χ4n) is 3.72. The number of benzene rings is 1. The molecule has 1 aliphatic carbocycles. The van der Waals surface area contributed by atoms with Crippen molar-refractivity contribution < 1.29 is 21.2 Å². The number of hydrogen-bond donors (Lipinski definition) is 1. The molecule has 180 valence electrons. The third-order valence-electron chi connectivity index (χ3n) is 5.62. The molecule has 0 bridgehead atoms. The molecule has 3 aromatic rings. The lowest BCUT2D eigenvalue weighted by molar-refractivity contribution is 0.551. The van der Waals surface area contributed by atoms with Gasteiger partial charge in [0.25, 0.3) is 10.0 Å². The molecule has 1 aliphatic rings. The predicted octanol–water partition coefficient (Wildman–Crippen LogP) is 3.76. The summed E-state index contributed by atoms with van der Waals surface area (Å²) in [4.78, 5) is 3.93. The van der Waals surface area contributed by atoms with Gasteiger partial charge in [-0.2, -0.15) is 5.26 Å². The molecule has 4 rings (SSSR count). The highest BCUT2D eigenvalue weighted by atomic mass is 32.2. The lowest BCUT2D eigenvalue weighted by atomic mass is 9.94. The third-order valence-corrected chi connectivity index (χ3v) is 9.21. The lowest BCUT2D eigenvalue weighted by Gasteiger charge is -2.28. The third kappa shape index (κ3) is 4.89. The molecule has 1 aromatic carbocycles. The Bertz CT molecular complexity index is 1590. The van der Waals surface area contributed by atoms with Crippen molar-refractivity contribution in [2.24, 2.45) is 0 Å². The topological polar surface area (TPSA) is 122 Å². The molecule has 0 fully saturated rings. The Morgan fingerprint density at radius 2 is 2.00 bits per heavy atom. The number of nitriles is 1. The molecule has 35 heavy (non-hydrogen) atoms. The number of halogens is 1. The summed E-state index contributed by atoms with van der Waals surface area (Å²) in [5.74, 6) is -0.924. The second-order valence-electron chi connectivity index (χ2n) is 8.23. The molecular weight excluding hydrogens is 491 g/mol. The van der Waals surface area contributed by atoms with E-state index in [1.807, 2.05) is 18.2 Å². The first-order chi connectivity index (χ1) is 16.5. The van der Waals surface area contributed by atoms with Gasteiger partial charge in [-0.25, -0.2) is 21.2 Å². The van der Waals surface area contributed by atoms with Crippen LogP contribution in [0.3, 0.4) is 0 Å². The van der Waals surface area contributed by atoms with Gasteiger partial charge in [0.2, 0.25) is 10.0 Å². The van der Waals surface area contributed by atoms with Gasteiger partial charge in [-0.05, 0) is 55.3 Å². The van der Waals surface area contributed by atoms with Gasteiger partial charge in [-0.1, -0.05) is 24.3 Å². The van der Waals surface area contributed by atoms with Crippen LogP contribution in [-0.4, -0.2) is 30.5 Å². The van der Waals surface area contributed by atoms with E-state index in [9.17, 15) is 21.2 Å². The van der Waals surface area contributed by atoms with Crippen LogP contribution in [0.5, 0.6) is 0 Å². The highest BCUT2D eigenvalue weighted by molar-refractivity contribution is 7.93. The molecule has 0 radical (unpaired) electrons. The lowest BCUT2D eigenvalue weighted by Crippen LogP contribution is -2.38. The highest BCUT2D eigenvalue weighted by Crippen LogP contribution is 2.33. The van der Waals surface area contributed by atoms with Crippen molar-refractivity contribution in [3.63, 3.8) is 0 Å². The minimum absolute atomic E-state index is 0.0351. The molecule has 0 saturated heterocycles. The van der Waals surface area contributed by atoms with Gasteiger partial charge in [0.1, 0.15) is 15.5 Å². The van der Waals surface area contributed by atoms with Gasteiger partial charge in [0.05, 0.1) is 17.3 Å². The minimum Gasteiger partial charge on any atom is -0.277 e. The molecule has 0 amide bonds. The SMILES string of the molecule is CC1(S(=O)(=O)n2ccc(S(=O)(=O)Nc3ccc(C#N)cc3F)c2)C=C(Cc2ccccn2)C=CC1. The summed E-state index contributed by atoms with van der Waals surface area (Å²) in [6.45, 7) is 1.57. The van der Waals surface area contributed by atoms with Gasteiger partial charge in [0.15, 0.2) is 0 Å². The molecule has 0 aliphatic heterocycles. The molecule has 2 aromatic heterocycles. The van der Waals surface area contributed by atoms with Crippen LogP contribution >= 0.6 is 0 Å². The predicted molar refractivity (Wildman–Crippen MR) is 129 cm³/mol. The van der Waals surface area contributed by atoms with Gasteiger partial charge < -0.3 is 0 Å². The van der Waals surface area contributed by atoms with Crippen LogP contribution in [0.2, 0.25) is 0 Å². The second kappa shape index (κ2) is 9.13. The smallest absolute Gasteiger partial charge is 0.263 e. The molecule has 1 atom stereocenters. The number of allylic oxidation sites excluding steroid dienone is 3. The van der Waals surface area contributed by atoms with Crippen molar-refractivity contribution in [2.45, 2.75) is 29.4 Å². The van der Waals surface area contributed by atoms with E-state index in [-0.39, 0.29) is 22.6 Å². The zero-order chi connectivity index (χ0) is 25.3. The van der Waals surface area contributed by atoms with Gasteiger partial charge >= 0.3 is 0 Å². The zero-order valence-corrected chi connectivity index (χ0v) is 20.2. The number of hydrogen-bond acceptors (Lipinski definition) is 6. The number of nitrogens with zero attached hydrogens (tertiary/aromatic N) is 3. The number of sulfonamides is 1. The minimum atomic E-state index is -4.29. The van der Waals surface area contributed by atoms with Crippen molar-refractivity contribution in [3.8, 4) is 6.07 Å². The Morgan fingerprint density at radius 3 is 2.69 bits per heavy atom. The van der Waals surface area contributed by atoms with Crippen LogP contribution in [-0.2, 0) is 26.5 Å². The van der Waals surface area contributed by atoms with E-state index in [4.69, 9.17) is 5.26 Å². The standard InChI is InChI=1S/C24H21FN4O4S2/c1-24(10-4-5-18(15-24)13-20-6-2-3-11-27-20)35(32,33)29-12-9-21(17-29)34(30,31)28-23-8-7-19(16-26)14-22(23)25/h2-9,11-12,14-15,17,28H,10,13H2,1H3. The second-order valence-corrected chi connectivity index (χ2v) is 12.2. The molecule has 0 saturated carbocycles. The van der Waals surface area contributed by atoms with Crippen LogP contribution in [0, 0.1) is 17.1 Å². The van der Waals surface area contributed by atoms with E-state index < -0.39 is 30.6 Å². The van der Waals surface area contributed by atoms with Crippen molar-refractivity contribution in [1.29, 1.82) is 5.26 Å². The summed E-state index contributed by atoms with van der Waals surface area (Å²) >= 11 is 0. The molecule has 0 spiro atoms. The molecule has 1 unspecified atom stereocenters. The van der Waals surface area contributed by atoms with E-state index in [1.54, 1.807) is 37.4 Å². The molecule has 1 N–H and O–H groups in total. The molecule has 2 heterocycles. The fourth-order valence-corrected chi connectivity index (χ4v) is 6.42. The summed E-state index contributed by atoms with van der Waals surface area (Å²) in [6.07, 6.45) is 9.74. The maximum atomic E-state index is 14.2. The maximum Gasteiger partial charge on any atom is 0.263 e. The monoisotopic (exact) mass is 512 g/mol. The molecule has 11 heteroatoms. The van der Waals surface area contributed by atoms with E-state index in [0.29, 0.717) is 6.42 Å². The molecular formula is C24H21FN4O4S2. The highest BCUT2D eigenvalue weighted by Gasteiger charge is 2.39. The number of pyridine rings is 1. The quantitative estimate of drug-likeness (QED) is 0.514. The normalized spacial score (nSPS) is 18.0. The van der Waals surface area contributed by atoms with E-state index in [2.05, 4.69) is 9.71 Å². The first-order valence-electron chi connectivity index (χ1n) is 10.5. The number of nitrogens with one attached hydrogen (secondary N) is 1. The van der Waals surface area contributed by atoms with Crippen molar-refractivity contribution in [1.82, 2.24) is 8.96 Å². The first-order valence-corrected chi connectivity index (χ1v) is 13.4. The molecule has 8 nitrogen and oxygen atoms in total. The Balaban J connectivity index is 1.60. The summed E-state index contributed by atoms with van der Waals surface area (Å²) in [6, 6.07) is 11.7. The average molecular weight is 513 g/mol. The van der Waals surface area contributed by atoms with Crippen LogP contribution in [0.15, 0.2) is 89.8 Å². The fraction of sp³-hybridized carbons (Fsp3) is 0.167. The number of anilines is 1. The summed E-state index contributed by atoms with van der Waals surface area (Å²) < 4.78 is 68.3.